The average Bonchev–Trinajstić information content (AvgIpc) is 2.92. The summed E-state index contributed by atoms with van der Waals surface area (Å²) < 4.78 is 28.4. The Labute approximate surface area is 118 Å². The van der Waals surface area contributed by atoms with Gasteiger partial charge in [0.05, 0.1) is 0 Å². The van der Waals surface area contributed by atoms with Crippen LogP contribution in [0.25, 0.3) is 0 Å². The summed E-state index contributed by atoms with van der Waals surface area (Å²) in [6.45, 7) is 0.255. The zero-order valence-corrected chi connectivity index (χ0v) is 11.7. The van der Waals surface area contributed by atoms with Gasteiger partial charge in [0, 0.05) is 6.04 Å². The molecular formula is C16H21F2NO. The van der Waals surface area contributed by atoms with E-state index in [1.807, 2.05) is 12.1 Å². The van der Waals surface area contributed by atoms with Crippen LogP contribution in [0.2, 0.25) is 0 Å². The predicted octanol–water partition coefficient (Wildman–Crippen LogP) is 4.44. The maximum absolute atomic E-state index is 12.1. The topological polar surface area (TPSA) is 21.3 Å². The first-order chi connectivity index (χ1) is 9.65. The molecule has 0 bridgehead atoms. The number of halogens is 2. The molecule has 0 aromatic heterocycles. The molecule has 4 heteroatoms. The van der Waals surface area contributed by atoms with Gasteiger partial charge >= 0.3 is 6.61 Å². The summed E-state index contributed by atoms with van der Waals surface area (Å²) in [6.07, 6.45) is 7.17. The SMILES string of the molecule is CC(NCCC1=CCCC1)c1ccc(OC(F)F)cc1. The van der Waals surface area contributed by atoms with Gasteiger partial charge in [0.15, 0.2) is 0 Å². The molecule has 0 saturated heterocycles. The molecule has 0 heterocycles. The lowest BCUT2D eigenvalue weighted by Crippen LogP contribution is -2.20. The molecule has 20 heavy (non-hydrogen) atoms. The second kappa shape index (κ2) is 7.39. The Balaban J connectivity index is 1.77. The van der Waals surface area contributed by atoms with E-state index in [-0.39, 0.29) is 11.8 Å². The molecule has 0 amide bonds. The van der Waals surface area contributed by atoms with Crippen molar-refractivity contribution in [3.05, 3.63) is 41.5 Å². The molecular weight excluding hydrogens is 260 g/mol. The molecule has 2 nitrogen and oxygen atoms in total. The van der Waals surface area contributed by atoms with Crippen LogP contribution in [0.3, 0.4) is 0 Å². The third-order valence-corrected chi connectivity index (χ3v) is 3.64. The van der Waals surface area contributed by atoms with E-state index in [9.17, 15) is 8.78 Å². The van der Waals surface area contributed by atoms with Crippen molar-refractivity contribution in [2.75, 3.05) is 6.54 Å². The van der Waals surface area contributed by atoms with Crippen molar-refractivity contribution in [1.29, 1.82) is 0 Å². The minimum atomic E-state index is -2.77. The third kappa shape index (κ3) is 4.60. The molecule has 0 saturated carbocycles. The van der Waals surface area contributed by atoms with E-state index < -0.39 is 6.61 Å². The second-order valence-corrected chi connectivity index (χ2v) is 5.13. The van der Waals surface area contributed by atoms with Gasteiger partial charge in [-0.05, 0) is 56.8 Å². The fourth-order valence-corrected chi connectivity index (χ4v) is 2.47. The number of ether oxygens (including phenoxy) is 1. The number of allylic oxidation sites excluding steroid dienone is 1. The van der Waals surface area contributed by atoms with Crippen LogP contribution in [-0.2, 0) is 0 Å². The highest BCUT2D eigenvalue weighted by Crippen LogP contribution is 2.21. The molecule has 0 fully saturated rings. The van der Waals surface area contributed by atoms with Gasteiger partial charge in [-0.2, -0.15) is 8.78 Å². The summed E-state index contributed by atoms with van der Waals surface area (Å²) in [7, 11) is 0. The van der Waals surface area contributed by atoms with E-state index in [2.05, 4.69) is 23.1 Å². The number of hydrogen-bond donors (Lipinski definition) is 1. The van der Waals surface area contributed by atoms with Gasteiger partial charge in [0.25, 0.3) is 0 Å². The maximum Gasteiger partial charge on any atom is 0.387 e. The summed E-state index contributed by atoms with van der Waals surface area (Å²) in [5.74, 6) is 0.201. The van der Waals surface area contributed by atoms with Gasteiger partial charge in [-0.1, -0.05) is 23.8 Å². The van der Waals surface area contributed by atoms with E-state index in [1.54, 1.807) is 17.7 Å². The van der Waals surface area contributed by atoms with Crippen LogP contribution in [0.4, 0.5) is 8.78 Å². The number of nitrogens with one attached hydrogen (secondary N) is 1. The van der Waals surface area contributed by atoms with Crippen molar-refractivity contribution >= 4 is 0 Å². The van der Waals surface area contributed by atoms with Crippen LogP contribution in [0, 0.1) is 0 Å². The summed E-state index contributed by atoms with van der Waals surface area (Å²) >= 11 is 0. The lowest BCUT2D eigenvalue weighted by molar-refractivity contribution is -0.0498. The lowest BCUT2D eigenvalue weighted by Gasteiger charge is -2.15. The van der Waals surface area contributed by atoms with Gasteiger partial charge in [0.1, 0.15) is 5.75 Å². The smallest absolute Gasteiger partial charge is 0.387 e. The largest absolute Gasteiger partial charge is 0.435 e. The molecule has 0 aliphatic heterocycles. The van der Waals surface area contributed by atoms with Gasteiger partial charge in [-0.25, -0.2) is 0 Å². The predicted molar refractivity (Wildman–Crippen MR) is 76.0 cm³/mol. The molecule has 1 aromatic rings. The lowest BCUT2D eigenvalue weighted by atomic mass is 10.1. The Morgan fingerprint density at radius 1 is 1.25 bits per heavy atom. The molecule has 1 aromatic carbocycles. The van der Waals surface area contributed by atoms with E-state index in [4.69, 9.17) is 0 Å². The van der Waals surface area contributed by atoms with Crippen LogP contribution >= 0.6 is 0 Å². The standard InChI is InChI=1S/C16H21F2NO/c1-12(19-11-10-13-4-2-3-5-13)14-6-8-15(9-7-14)20-16(17)18/h4,6-9,12,16,19H,2-3,5,10-11H2,1H3. The third-order valence-electron chi connectivity index (χ3n) is 3.64. The van der Waals surface area contributed by atoms with E-state index in [0.29, 0.717) is 0 Å². The van der Waals surface area contributed by atoms with Crippen molar-refractivity contribution in [3.8, 4) is 5.75 Å². The zero-order valence-electron chi connectivity index (χ0n) is 11.7. The fourth-order valence-electron chi connectivity index (χ4n) is 2.47. The molecule has 1 aliphatic rings. The average molecular weight is 281 g/mol. The maximum atomic E-state index is 12.1. The van der Waals surface area contributed by atoms with Crippen LogP contribution in [0.5, 0.6) is 5.75 Å². The Morgan fingerprint density at radius 2 is 2.00 bits per heavy atom. The van der Waals surface area contributed by atoms with Crippen molar-refractivity contribution < 1.29 is 13.5 Å². The molecule has 1 unspecified atom stereocenters. The molecule has 2 rings (SSSR count). The van der Waals surface area contributed by atoms with E-state index in [1.165, 1.54) is 19.3 Å². The van der Waals surface area contributed by atoms with Crippen LogP contribution in [0.15, 0.2) is 35.9 Å². The fraction of sp³-hybridized carbons (Fsp3) is 0.500. The first-order valence-corrected chi connectivity index (χ1v) is 7.11. The van der Waals surface area contributed by atoms with Gasteiger partial charge in [-0.3, -0.25) is 0 Å². The minimum absolute atomic E-state index is 0.201. The molecule has 110 valence electrons. The van der Waals surface area contributed by atoms with Gasteiger partial charge < -0.3 is 10.1 Å². The Hall–Kier alpha value is -1.42. The molecule has 1 N–H and O–H groups in total. The van der Waals surface area contributed by atoms with Gasteiger partial charge in [-0.15, -0.1) is 0 Å². The summed E-state index contributed by atoms with van der Waals surface area (Å²) in [5, 5.41) is 3.46. The first-order valence-electron chi connectivity index (χ1n) is 7.11. The number of hydrogen-bond acceptors (Lipinski definition) is 2. The van der Waals surface area contributed by atoms with Crippen LogP contribution < -0.4 is 10.1 Å². The molecule has 1 atom stereocenters. The zero-order chi connectivity index (χ0) is 14.4. The van der Waals surface area contributed by atoms with Crippen LogP contribution in [-0.4, -0.2) is 13.2 Å². The number of alkyl halides is 2. The molecule has 1 aliphatic carbocycles. The highest BCUT2D eigenvalue weighted by molar-refractivity contribution is 5.29. The second-order valence-electron chi connectivity index (χ2n) is 5.13. The van der Waals surface area contributed by atoms with Crippen molar-refractivity contribution in [2.45, 2.75) is 45.3 Å². The van der Waals surface area contributed by atoms with E-state index >= 15 is 0 Å². The summed E-state index contributed by atoms with van der Waals surface area (Å²) in [4.78, 5) is 0. The van der Waals surface area contributed by atoms with Gasteiger partial charge in [0.2, 0.25) is 0 Å². The van der Waals surface area contributed by atoms with Crippen LogP contribution in [0.1, 0.15) is 44.2 Å². The van der Waals surface area contributed by atoms with Crippen molar-refractivity contribution in [3.63, 3.8) is 0 Å². The number of benzene rings is 1. The Kier molecular flexibility index (Phi) is 5.53. The Bertz CT molecular complexity index is 442. The highest BCUT2D eigenvalue weighted by atomic mass is 19.3. The quantitative estimate of drug-likeness (QED) is 0.746. The molecule has 0 radical (unpaired) electrons. The molecule has 0 spiro atoms. The number of rotatable bonds is 7. The van der Waals surface area contributed by atoms with Crippen molar-refractivity contribution in [1.82, 2.24) is 5.32 Å². The minimum Gasteiger partial charge on any atom is -0.435 e. The van der Waals surface area contributed by atoms with E-state index in [0.717, 1.165) is 18.5 Å². The van der Waals surface area contributed by atoms with Crippen molar-refractivity contribution in [2.24, 2.45) is 0 Å². The normalized spacial score (nSPS) is 16.3. The Morgan fingerprint density at radius 3 is 2.60 bits per heavy atom. The summed E-state index contributed by atoms with van der Waals surface area (Å²) in [5.41, 5.74) is 2.62. The monoisotopic (exact) mass is 281 g/mol. The highest BCUT2D eigenvalue weighted by Gasteiger charge is 2.08. The first kappa shape index (κ1) is 15.0. The summed E-state index contributed by atoms with van der Waals surface area (Å²) in [6, 6.07) is 7.02.